The molecule has 1 saturated heterocycles. The Hall–Kier alpha value is -2.40. The van der Waals surface area contributed by atoms with Crippen LogP contribution in [0.1, 0.15) is 31.9 Å². The monoisotopic (exact) mass is 356 g/mol. The van der Waals surface area contributed by atoms with Crippen LogP contribution in [-0.4, -0.2) is 60.0 Å². The summed E-state index contributed by atoms with van der Waals surface area (Å²) in [6.07, 6.45) is 5.11. The molecular formula is C21H28N2O3. The van der Waals surface area contributed by atoms with Crippen LogP contribution in [0.4, 0.5) is 0 Å². The Bertz CT molecular complexity index is 704. The average molecular weight is 356 g/mol. The van der Waals surface area contributed by atoms with Gasteiger partial charge in [0.15, 0.2) is 0 Å². The first-order valence-electron chi connectivity index (χ1n) is 8.88. The molecule has 0 saturated carbocycles. The van der Waals surface area contributed by atoms with Crippen LogP contribution in [0.15, 0.2) is 35.9 Å². The number of rotatable bonds is 4. The summed E-state index contributed by atoms with van der Waals surface area (Å²) in [5.74, 6) is -0.873. The molecule has 1 fully saturated rings. The zero-order chi connectivity index (χ0) is 19.3. The third-order valence-corrected chi connectivity index (χ3v) is 4.52. The van der Waals surface area contributed by atoms with Gasteiger partial charge in [-0.1, -0.05) is 45.0 Å². The number of carbonyl (C=O) groups excluding carboxylic acids is 1. The fourth-order valence-electron chi connectivity index (χ4n) is 2.77. The fourth-order valence-corrected chi connectivity index (χ4v) is 2.77. The van der Waals surface area contributed by atoms with Crippen LogP contribution in [0.25, 0.3) is 12.2 Å². The summed E-state index contributed by atoms with van der Waals surface area (Å²) in [5.41, 5.74) is 1.68. The maximum absolute atomic E-state index is 12.2. The van der Waals surface area contributed by atoms with Crippen LogP contribution in [0, 0.1) is 5.41 Å². The summed E-state index contributed by atoms with van der Waals surface area (Å²) in [6, 6.07) is 7.52. The van der Waals surface area contributed by atoms with Gasteiger partial charge in [-0.05, 0) is 35.7 Å². The number of nitrogens with zero attached hydrogens (tertiary/aromatic N) is 2. The molecule has 5 heteroatoms. The van der Waals surface area contributed by atoms with Crippen LogP contribution < -0.4 is 0 Å². The Balaban J connectivity index is 2.05. The van der Waals surface area contributed by atoms with E-state index < -0.39 is 11.4 Å². The van der Waals surface area contributed by atoms with Crippen LogP contribution in [0.3, 0.4) is 0 Å². The minimum Gasteiger partial charge on any atom is -0.478 e. The predicted octanol–water partition coefficient (Wildman–Crippen LogP) is 2.99. The zero-order valence-corrected chi connectivity index (χ0v) is 16.0. The molecule has 5 nitrogen and oxygen atoms in total. The van der Waals surface area contributed by atoms with Gasteiger partial charge in [-0.15, -0.1) is 0 Å². The second kappa shape index (κ2) is 8.32. The SMILES string of the molecule is CN1CCN(C(=O)C=Cc2ccc(C=C(C(=O)O)C(C)(C)C)cc2)CC1. The molecule has 2 rings (SSSR count). The van der Waals surface area contributed by atoms with Gasteiger partial charge in [0.1, 0.15) is 0 Å². The third-order valence-electron chi connectivity index (χ3n) is 4.52. The van der Waals surface area contributed by atoms with E-state index in [1.54, 1.807) is 18.2 Å². The molecule has 0 aromatic heterocycles. The van der Waals surface area contributed by atoms with Gasteiger partial charge in [0.25, 0.3) is 0 Å². The number of aliphatic carboxylic acids is 1. The minimum absolute atomic E-state index is 0.0305. The van der Waals surface area contributed by atoms with E-state index in [0.29, 0.717) is 5.57 Å². The van der Waals surface area contributed by atoms with Crippen LogP contribution in [0.5, 0.6) is 0 Å². The topological polar surface area (TPSA) is 60.9 Å². The third kappa shape index (κ3) is 5.56. The number of amides is 1. The summed E-state index contributed by atoms with van der Waals surface area (Å²) in [6.45, 7) is 8.97. The number of piperazine rings is 1. The molecule has 0 bridgehead atoms. The molecule has 140 valence electrons. The van der Waals surface area contributed by atoms with Gasteiger partial charge >= 0.3 is 5.97 Å². The molecule has 0 radical (unpaired) electrons. The second-order valence-corrected chi connectivity index (χ2v) is 7.74. The normalized spacial score (nSPS) is 16.9. The molecule has 1 aromatic carbocycles. The number of benzene rings is 1. The fraction of sp³-hybridized carbons (Fsp3) is 0.429. The molecule has 0 atom stereocenters. The highest BCUT2D eigenvalue weighted by molar-refractivity contribution is 5.94. The van der Waals surface area contributed by atoms with Crippen molar-refractivity contribution in [1.82, 2.24) is 9.80 Å². The van der Waals surface area contributed by atoms with Crippen molar-refractivity contribution >= 4 is 24.0 Å². The van der Waals surface area contributed by atoms with Crippen molar-refractivity contribution in [2.75, 3.05) is 33.2 Å². The molecule has 1 amide bonds. The highest BCUT2D eigenvalue weighted by Gasteiger charge is 2.23. The molecule has 1 aliphatic rings. The molecule has 0 aliphatic carbocycles. The summed E-state index contributed by atoms with van der Waals surface area (Å²) in [4.78, 5) is 27.7. The van der Waals surface area contributed by atoms with Gasteiger partial charge in [-0.2, -0.15) is 0 Å². The van der Waals surface area contributed by atoms with E-state index in [1.807, 2.05) is 49.9 Å². The van der Waals surface area contributed by atoms with Gasteiger partial charge in [0.2, 0.25) is 5.91 Å². The number of hydrogen-bond acceptors (Lipinski definition) is 3. The first-order chi connectivity index (χ1) is 12.2. The largest absolute Gasteiger partial charge is 0.478 e. The summed E-state index contributed by atoms with van der Waals surface area (Å²) in [7, 11) is 2.06. The number of hydrogen-bond donors (Lipinski definition) is 1. The molecule has 1 aliphatic heterocycles. The van der Waals surface area contributed by atoms with Crippen molar-refractivity contribution in [3.63, 3.8) is 0 Å². The van der Waals surface area contributed by atoms with E-state index in [9.17, 15) is 14.7 Å². The zero-order valence-electron chi connectivity index (χ0n) is 16.0. The molecule has 1 aromatic rings. The van der Waals surface area contributed by atoms with Crippen LogP contribution >= 0.6 is 0 Å². The summed E-state index contributed by atoms with van der Waals surface area (Å²) in [5, 5.41) is 9.39. The van der Waals surface area contributed by atoms with Crippen molar-refractivity contribution in [3.05, 3.63) is 47.0 Å². The number of carboxylic acid groups (broad SMARTS) is 1. The molecule has 1 heterocycles. The standard InChI is InChI=1S/C21H28N2O3/c1-21(2,3)18(20(25)26)15-17-7-5-16(6-8-17)9-10-19(24)23-13-11-22(4)12-14-23/h5-10,15H,11-14H2,1-4H3,(H,25,26). The lowest BCUT2D eigenvalue weighted by atomic mass is 9.85. The number of likely N-dealkylation sites (N-methyl/N-ethyl adjacent to an activating group) is 1. The lowest BCUT2D eigenvalue weighted by Crippen LogP contribution is -2.46. The Morgan fingerprint density at radius 1 is 1.00 bits per heavy atom. The highest BCUT2D eigenvalue weighted by atomic mass is 16.4. The molecule has 0 spiro atoms. The summed E-state index contributed by atoms with van der Waals surface area (Å²) >= 11 is 0. The van der Waals surface area contributed by atoms with Gasteiger partial charge in [0, 0.05) is 37.8 Å². The molecule has 1 N–H and O–H groups in total. The van der Waals surface area contributed by atoms with E-state index in [2.05, 4.69) is 11.9 Å². The molecule has 26 heavy (non-hydrogen) atoms. The van der Waals surface area contributed by atoms with Crippen LogP contribution in [0.2, 0.25) is 0 Å². The number of carboxylic acids is 1. The van der Waals surface area contributed by atoms with Gasteiger partial charge in [-0.25, -0.2) is 4.79 Å². The van der Waals surface area contributed by atoms with Crippen molar-refractivity contribution in [1.29, 1.82) is 0 Å². The van der Waals surface area contributed by atoms with Crippen LogP contribution in [-0.2, 0) is 9.59 Å². The average Bonchev–Trinajstić information content (AvgIpc) is 2.58. The lowest BCUT2D eigenvalue weighted by Gasteiger charge is -2.31. The van der Waals surface area contributed by atoms with E-state index in [0.717, 1.165) is 37.3 Å². The van der Waals surface area contributed by atoms with Crippen molar-refractivity contribution < 1.29 is 14.7 Å². The van der Waals surface area contributed by atoms with Gasteiger partial charge in [-0.3, -0.25) is 4.79 Å². The van der Waals surface area contributed by atoms with Crippen molar-refractivity contribution in [3.8, 4) is 0 Å². The summed E-state index contributed by atoms with van der Waals surface area (Å²) < 4.78 is 0. The van der Waals surface area contributed by atoms with E-state index in [4.69, 9.17) is 0 Å². The van der Waals surface area contributed by atoms with Gasteiger partial charge in [0.05, 0.1) is 0 Å². The number of carbonyl (C=O) groups is 2. The quantitative estimate of drug-likeness (QED) is 0.843. The Morgan fingerprint density at radius 3 is 2.04 bits per heavy atom. The maximum atomic E-state index is 12.2. The maximum Gasteiger partial charge on any atom is 0.332 e. The Kier molecular flexibility index (Phi) is 6.37. The predicted molar refractivity (Wildman–Crippen MR) is 105 cm³/mol. The van der Waals surface area contributed by atoms with Crippen molar-refractivity contribution in [2.24, 2.45) is 5.41 Å². The second-order valence-electron chi connectivity index (χ2n) is 7.74. The van der Waals surface area contributed by atoms with E-state index >= 15 is 0 Å². The van der Waals surface area contributed by atoms with Gasteiger partial charge < -0.3 is 14.9 Å². The Labute approximate surface area is 155 Å². The molecule has 0 unspecified atom stereocenters. The minimum atomic E-state index is -0.903. The smallest absolute Gasteiger partial charge is 0.332 e. The van der Waals surface area contributed by atoms with E-state index in [-0.39, 0.29) is 5.91 Å². The first kappa shape index (κ1) is 19.9. The lowest BCUT2D eigenvalue weighted by molar-refractivity contribution is -0.133. The Morgan fingerprint density at radius 2 is 1.54 bits per heavy atom. The molecular weight excluding hydrogens is 328 g/mol. The highest BCUT2D eigenvalue weighted by Crippen LogP contribution is 2.27. The van der Waals surface area contributed by atoms with Crippen molar-refractivity contribution in [2.45, 2.75) is 20.8 Å². The first-order valence-corrected chi connectivity index (χ1v) is 8.88. The van der Waals surface area contributed by atoms with E-state index in [1.165, 1.54) is 0 Å².